The number of halogens is 2. The Morgan fingerprint density at radius 1 is 1.67 bits per heavy atom. The average molecular weight is 283 g/mol. The summed E-state index contributed by atoms with van der Waals surface area (Å²) in [6.07, 6.45) is 7.25. The minimum absolute atomic E-state index is 0. The molecule has 4 heteroatoms. The van der Waals surface area contributed by atoms with Gasteiger partial charge in [-0.15, -0.1) is 24.7 Å². The standard InChI is InChI=1S/C11H10F2N.Y/c1-4-10-5-8(2)6-14(9(10)3)7-11(12)13;/h1,5,11H,3,7H2,2H3;/q-1;. The van der Waals surface area contributed by atoms with Crippen molar-refractivity contribution in [3.05, 3.63) is 35.7 Å². The average Bonchev–Trinajstić information content (AvgIpc) is 2.09. The number of allylic oxidation sites excluding steroid dienone is 3. The van der Waals surface area contributed by atoms with E-state index in [1.54, 1.807) is 13.0 Å². The molecule has 0 atom stereocenters. The largest absolute Gasteiger partial charge is 0.450 e. The summed E-state index contributed by atoms with van der Waals surface area (Å²) in [6.45, 7) is 4.97. The zero-order valence-corrected chi connectivity index (χ0v) is 11.3. The monoisotopic (exact) mass is 283 g/mol. The summed E-state index contributed by atoms with van der Waals surface area (Å²) in [5, 5.41) is 0. The van der Waals surface area contributed by atoms with E-state index in [1.165, 1.54) is 4.90 Å². The molecule has 0 saturated carbocycles. The molecule has 0 amide bonds. The van der Waals surface area contributed by atoms with Gasteiger partial charge in [0.05, 0.1) is 6.54 Å². The van der Waals surface area contributed by atoms with Crippen molar-refractivity contribution in [3.8, 4) is 12.3 Å². The van der Waals surface area contributed by atoms with Crippen LogP contribution in [0.15, 0.2) is 29.5 Å². The molecule has 1 radical (unpaired) electrons. The minimum atomic E-state index is -2.43. The molecule has 1 nitrogen and oxygen atoms in total. The fraction of sp³-hybridized carbons (Fsp3) is 0.273. The number of nitrogens with zero attached hydrogens (tertiary/aromatic N) is 1. The topological polar surface area (TPSA) is 3.24 Å². The number of terminal acetylenes is 1. The van der Waals surface area contributed by atoms with E-state index < -0.39 is 13.0 Å². The van der Waals surface area contributed by atoms with Gasteiger partial charge in [-0.1, -0.05) is 30.3 Å². The van der Waals surface area contributed by atoms with Crippen LogP contribution in [0.1, 0.15) is 6.92 Å². The Bertz CT molecular complexity index is 350. The second-order valence-corrected chi connectivity index (χ2v) is 2.95. The number of hydrogen-bond acceptors (Lipinski definition) is 1. The summed E-state index contributed by atoms with van der Waals surface area (Å²) in [4.78, 5) is 1.26. The first-order valence-corrected chi connectivity index (χ1v) is 4.08. The van der Waals surface area contributed by atoms with Crippen LogP contribution >= 0.6 is 0 Å². The second-order valence-electron chi connectivity index (χ2n) is 2.95. The van der Waals surface area contributed by atoms with Crippen LogP contribution in [0.4, 0.5) is 8.78 Å². The number of hydrogen-bond donors (Lipinski definition) is 0. The third kappa shape index (κ3) is 3.89. The molecule has 15 heavy (non-hydrogen) atoms. The summed E-state index contributed by atoms with van der Waals surface area (Å²) in [6, 6.07) is 0. The van der Waals surface area contributed by atoms with E-state index in [9.17, 15) is 8.78 Å². The van der Waals surface area contributed by atoms with Gasteiger partial charge in [0.25, 0.3) is 6.43 Å². The summed E-state index contributed by atoms with van der Waals surface area (Å²) in [5.41, 5.74) is 1.66. The van der Waals surface area contributed by atoms with E-state index in [4.69, 9.17) is 6.42 Å². The van der Waals surface area contributed by atoms with E-state index >= 15 is 0 Å². The van der Waals surface area contributed by atoms with E-state index in [2.05, 4.69) is 18.7 Å². The summed E-state index contributed by atoms with van der Waals surface area (Å²) < 4.78 is 24.3. The van der Waals surface area contributed by atoms with Crippen molar-refractivity contribution in [3.63, 3.8) is 0 Å². The van der Waals surface area contributed by atoms with Crippen LogP contribution in [0, 0.1) is 18.5 Å². The molecule has 0 spiro atoms. The Hall–Kier alpha value is -0.456. The third-order valence-corrected chi connectivity index (χ3v) is 1.78. The predicted octanol–water partition coefficient (Wildman–Crippen LogP) is 2.34. The Morgan fingerprint density at radius 2 is 2.27 bits per heavy atom. The zero-order valence-electron chi connectivity index (χ0n) is 8.43. The molecule has 1 aliphatic heterocycles. The predicted molar refractivity (Wildman–Crippen MR) is 51.2 cm³/mol. The van der Waals surface area contributed by atoms with Gasteiger partial charge in [0, 0.05) is 32.7 Å². The SMILES string of the molecule is C#CC1=CC(C)=[C-]N(CC(F)F)C1=C.[Y]. The first kappa shape index (κ1) is 14.5. The molecule has 0 unspecified atom stereocenters. The third-order valence-electron chi connectivity index (χ3n) is 1.78. The Balaban J connectivity index is 0.00000196. The van der Waals surface area contributed by atoms with Crippen molar-refractivity contribution in [2.24, 2.45) is 0 Å². The van der Waals surface area contributed by atoms with Gasteiger partial charge >= 0.3 is 0 Å². The van der Waals surface area contributed by atoms with Gasteiger partial charge in [0.1, 0.15) is 0 Å². The van der Waals surface area contributed by atoms with Gasteiger partial charge in [-0.2, -0.15) is 0 Å². The molecular weight excluding hydrogens is 273 g/mol. The van der Waals surface area contributed by atoms with Gasteiger partial charge in [-0.25, -0.2) is 8.78 Å². The van der Waals surface area contributed by atoms with Gasteiger partial charge < -0.3 is 4.90 Å². The van der Waals surface area contributed by atoms with E-state index in [-0.39, 0.29) is 32.7 Å². The first-order valence-electron chi connectivity index (χ1n) is 4.08. The maximum atomic E-state index is 12.1. The fourth-order valence-corrected chi connectivity index (χ4v) is 1.18. The maximum Gasteiger partial charge on any atom is 0.254 e. The Labute approximate surface area is 114 Å². The van der Waals surface area contributed by atoms with Crippen LogP contribution < -0.4 is 0 Å². The molecule has 1 rings (SSSR count). The molecule has 0 bridgehead atoms. The van der Waals surface area contributed by atoms with Crippen molar-refractivity contribution >= 4 is 0 Å². The van der Waals surface area contributed by atoms with Crippen LogP contribution in [0.3, 0.4) is 0 Å². The molecule has 77 valence electrons. The fourth-order valence-electron chi connectivity index (χ4n) is 1.18. The van der Waals surface area contributed by atoms with Crippen LogP contribution in [-0.2, 0) is 32.7 Å². The molecule has 1 heterocycles. The van der Waals surface area contributed by atoms with Gasteiger partial charge in [0.15, 0.2) is 0 Å². The van der Waals surface area contributed by atoms with Crippen LogP contribution in [0.5, 0.6) is 0 Å². The maximum absolute atomic E-state index is 12.1. The zero-order chi connectivity index (χ0) is 10.7. The second kappa shape index (κ2) is 6.20. The molecule has 0 aromatic heterocycles. The van der Waals surface area contributed by atoms with Gasteiger partial charge in [-0.05, 0) is 0 Å². The van der Waals surface area contributed by atoms with Crippen LogP contribution in [-0.4, -0.2) is 17.9 Å². The van der Waals surface area contributed by atoms with Crippen molar-refractivity contribution in [2.75, 3.05) is 6.54 Å². The quantitative estimate of drug-likeness (QED) is 0.555. The molecule has 0 fully saturated rings. The number of rotatable bonds is 2. The van der Waals surface area contributed by atoms with Gasteiger partial charge in [-0.3, -0.25) is 0 Å². The molecule has 1 aliphatic rings. The van der Waals surface area contributed by atoms with Crippen LogP contribution in [0.2, 0.25) is 0 Å². The molecule has 0 N–H and O–H groups in total. The van der Waals surface area contributed by atoms with E-state index in [1.807, 2.05) is 0 Å². The summed E-state index contributed by atoms with van der Waals surface area (Å²) in [7, 11) is 0. The summed E-state index contributed by atoms with van der Waals surface area (Å²) in [5.74, 6) is 2.40. The summed E-state index contributed by atoms with van der Waals surface area (Å²) >= 11 is 0. The first-order chi connectivity index (χ1) is 6.54. The van der Waals surface area contributed by atoms with Crippen molar-refractivity contribution in [1.82, 2.24) is 4.90 Å². The smallest absolute Gasteiger partial charge is 0.254 e. The number of alkyl halides is 2. The van der Waals surface area contributed by atoms with E-state index in [0.717, 1.165) is 5.57 Å². The van der Waals surface area contributed by atoms with Crippen molar-refractivity contribution in [2.45, 2.75) is 13.3 Å². The molecule has 0 aliphatic carbocycles. The Morgan fingerprint density at radius 3 is 2.73 bits per heavy atom. The molecule has 0 saturated heterocycles. The molecule has 0 aromatic rings. The van der Waals surface area contributed by atoms with E-state index in [0.29, 0.717) is 11.3 Å². The normalized spacial score (nSPS) is 15.4. The van der Waals surface area contributed by atoms with Crippen LogP contribution in [0.25, 0.3) is 0 Å². The van der Waals surface area contributed by atoms with Crippen molar-refractivity contribution < 1.29 is 41.5 Å². The molecule has 0 aromatic carbocycles. The minimum Gasteiger partial charge on any atom is -0.450 e. The van der Waals surface area contributed by atoms with Crippen molar-refractivity contribution in [1.29, 1.82) is 0 Å². The van der Waals surface area contributed by atoms with Gasteiger partial charge in [0.2, 0.25) is 0 Å². The Kier molecular flexibility index (Phi) is 6.01. The molecular formula is C11H10F2NY-.